The molecule has 2 rings (SSSR count). The fraction of sp³-hybridized carbons (Fsp3) is 0.583. The maximum absolute atomic E-state index is 5.98. The lowest BCUT2D eigenvalue weighted by Gasteiger charge is -2.24. The molecule has 1 saturated carbocycles. The highest BCUT2D eigenvalue weighted by Crippen LogP contribution is 2.34. The molecule has 1 aromatic rings. The zero-order chi connectivity index (χ0) is 12.3. The zero-order valence-electron chi connectivity index (χ0n) is 10.3. The summed E-state index contributed by atoms with van der Waals surface area (Å²) >= 11 is 0. The first-order valence-electron chi connectivity index (χ1n) is 5.82. The van der Waals surface area contributed by atoms with Crippen molar-refractivity contribution in [2.24, 2.45) is 0 Å². The number of aromatic nitrogens is 1. The van der Waals surface area contributed by atoms with Crippen LogP contribution in [0.1, 0.15) is 12.8 Å². The Hall–Kier alpha value is -1.49. The summed E-state index contributed by atoms with van der Waals surface area (Å²) in [5, 5.41) is 0. The van der Waals surface area contributed by atoms with Gasteiger partial charge in [-0.25, -0.2) is 0 Å². The molecule has 17 heavy (non-hydrogen) atoms. The highest BCUT2D eigenvalue weighted by atomic mass is 16.5. The molecule has 0 amide bonds. The van der Waals surface area contributed by atoms with E-state index in [-0.39, 0.29) is 0 Å². The molecular formula is C12H19N3O2. The first-order valence-corrected chi connectivity index (χ1v) is 5.82. The monoisotopic (exact) mass is 237 g/mol. The maximum Gasteiger partial charge on any atom is 0.215 e. The molecule has 1 aliphatic rings. The number of nitrogens with two attached hydrogens (primary N) is 1. The van der Waals surface area contributed by atoms with Gasteiger partial charge >= 0.3 is 0 Å². The lowest BCUT2D eigenvalue weighted by Crippen LogP contribution is -2.31. The van der Waals surface area contributed by atoms with Gasteiger partial charge in [0.25, 0.3) is 0 Å². The van der Waals surface area contributed by atoms with Gasteiger partial charge in [-0.2, -0.15) is 4.98 Å². The summed E-state index contributed by atoms with van der Waals surface area (Å²) in [4.78, 5) is 6.64. The van der Waals surface area contributed by atoms with Gasteiger partial charge in [0.05, 0.1) is 19.4 Å². The first-order chi connectivity index (χ1) is 8.26. The summed E-state index contributed by atoms with van der Waals surface area (Å²) in [6.07, 6.45) is 2.39. The predicted molar refractivity (Wildman–Crippen MR) is 67.4 cm³/mol. The summed E-state index contributed by atoms with van der Waals surface area (Å²) in [5.41, 5.74) is 6.67. The van der Waals surface area contributed by atoms with Crippen molar-refractivity contribution in [2.75, 3.05) is 38.0 Å². The highest BCUT2D eigenvalue weighted by Gasteiger charge is 2.31. The third kappa shape index (κ3) is 2.79. The van der Waals surface area contributed by atoms with Gasteiger partial charge < -0.3 is 20.1 Å². The van der Waals surface area contributed by atoms with Gasteiger partial charge in [-0.15, -0.1) is 0 Å². The van der Waals surface area contributed by atoms with Crippen LogP contribution in [0, 0.1) is 0 Å². The largest absolute Gasteiger partial charge is 0.481 e. The molecule has 0 bridgehead atoms. The fourth-order valence-electron chi connectivity index (χ4n) is 1.82. The summed E-state index contributed by atoms with van der Waals surface area (Å²) < 4.78 is 10.3. The molecule has 0 atom stereocenters. The van der Waals surface area contributed by atoms with Gasteiger partial charge in [-0.1, -0.05) is 0 Å². The molecule has 1 heterocycles. The van der Waals surface area contributed by atoms with Crippen LogP contribution >= 0.6 is 0 Å². The van der Waals surface area contributed by atoms with Gasteiger partial charge in [-0.3, -0.25) is 0 Å². The minimum absolute atomic E-state index is 0.548. The Morgan fingerprint density at radius 1 is 1.41 bits per heavy atom. The van der Waals surface area contributed by atoms with Crippen LogP contribution in [0.3, 0.4) is 0 Å². The quantitative estimate of drug-likeness (QED) is 0.807. The van der Waals surface area contributed by atoms with Crippen molar-refractivity contribution in [3.8, 4) is 5.88 Å². The third-order valence-electron chi connectivity index (χ3n) is 2.88. The Balaban J connectivity index is 2.21. The van der Waals surface area contributed by atoms with Crippen molar-refractivity contribution < 1.29 is 9.47 Å². The van der Waals surface area contributed by atoms with E-state index in [0.29, 0.717) is 24.2 Å². The molecule has 0 unspecified atom stereocenters. The SMILES string of the molecule is COCCN(c1nc(OC)ccc1N)C1CC1. The molecule has 5 heteroatoms. The van der Waals surface area contributed by atoms with Gasteiger partial charge in [0.2, 0.25) is 5.88 Å². The van der Waals surface area contributed by atoms with Crippen molar-refractivity contribution in [3.05, 3.63) is 12.1 Å². The Labute approximate surface area is 102 Å². The molecule has 2 N–H and O–H groups in total. The number of methoxy groups -OCH3 is 2. The van der Waals surface area contributed by atoms with Crippen molar-refractivity contribution in [3.63, 3.8) is 0 Å². The molecule has 94 valence electrons. The van der Waals surface area contributed by atoms with Gasteiger partial charge in [-0.05, 0) is 18.9 Å². The zero-order valence-corrected chi connectivity index (χ0v) is 10.3. The molecule has 0 aliphatic heterocycles. The molecule has 0 spiro atoms. The highest BCUT2D eigenvalue weighted by molar-refractivity contribution is 5.64. The van der Waals surface area contributed by atoms with E-state index in [2.05, 4.69) is 9.88 Å². The fourth-order valence-corrected chi connectivity index (χ4v) is 1.82. The topological polar surface area (TPSA) is 60.6 Å². The lowest BCUT2D eigenvalue weighted by molar-refractivity contribution is 0.204. The maximum atomic E-state index is 5.98. The van der Waals surface area contributed by atoms with Crippen molar-refractivity contribution in [2.45, 2.75) is 18.9 Å². The molecule has 0 saturated heterocycles. The molecular weight excluding hydrogens is 218 g/mol. The van der Waals surface area contributed by atoms with Crippen LogP contribution in [0.15, 0.2) is 12.1 Å². The van der Waals surface area contributed by atoms with Crippen LogP contribution in [-0.2, 0) is 4.74 Å². The second-order valence-corrected chi connectivity index (χ2v) is 4.18. The van der Waals surface area contributed by atoms with E-state index < -0.39 is 0 Å². The minimum Gasteiger partial charge on any atom is -0.481 e. The van der Waals surface area contributed by atoms with Crippen molar-refractivity contribution in [1.82, 2.24) is 4.98 Å². The van der Waals surface area contributed by atoms with Crippen LogP contribution in [0.5, 0.6) is 5.88 Å². The Bertz CT molecular complexity index is 380. The van der Waals surface area contributed by atoms with E-state index >= 15 is 0 Å². The second-order valence-electron chi connectivity index (χ2n) is 4.18. The standard InChI is InChI=1S/C12H19N3O2/c1-16-8-7-15(9-3-4-9)12-10(13)5-6-11(14-12)17-2/h5-6,9H,3-4,7-8,13H2,1-2H3. The van der Waals surface area contributed by atoms with E-state index in [4.69, 9.17) is 15.2 Å². The minimum atomic E-state index is 0.548. The first kappa shape index (κ1) is 12.0. The predicted octanol–water partition coefficient (Wildman–Crippen LogP) is 1.29. The van der Waals surface area contributed by atoms with Crippen LogP contribution in [-0.4, -0.2) is 38.4 Å². The normalized spacial score (nSPS) is 14.7. The van der Waals surface area contributed by atoms with Gasteiger partial charge in [0.15, 0.2) is 5.82 Å². The number of hydrogen-bond donors (Lipinski definition) is 1. The van der Waals surface area contributed by atoms with Crippen LogP contribution < -0.4 is 15.4 Å². The molecule has 1 aliphatic carbocycles. The van der Waals surface area contributed by atoms with Crippen LogP contribution in [0.2, 0.25) is 0 Å². The molecule has 0 aromatic carbocycles. The Kier molecular flexibility index (Phi) is 3.68. The lowest BCUT2D eigenvalue weighted by atomic mass is 10.3. The number of pyridine rings is 1. The van der Waals surface area contributed by atoms with Gasteiger partial charge in [0.1, 0.15) is 0 Å². The number of ether oxygens (including phenoxy) is 2. The molecule has 5 nitrogen and oxygen atoms in total. The number of rotatable bonds is 6. The van der Waals surface area contributed by atoms with Crippen LogP contribution in [0.25, 0.3) is 0 Å². The van der Waals surface area contributed by atoms with Crippen LogP contribution in [0.4, 0.5) is 11.5 Å². The third-order valence-corrected chi connectivity index (χ3v) is 2.88. The Morgan fingerprint density at radius 3 is 2.76 bits per heavy atom. The molecule has 1 aromatic heterocycles. The second kappa shape index (κ2) is 5.23. The summed E-state index contributed by atoms with van der Waals surface area (Å²) in [7, 11) is 3.31. The van der Waals surface area contributed by atoms with E-state index in [0.717, 1.165) is 12.4 Å². The van der Waals surface area contributed by atoms with E-state index in [1.807, 2.05) is 6.07 Å². The Morgan fingerprint density at radius 2 is 2.18 bits per heavy atom. The van der Waals surface area contributed by atoms with E-state index in [1.54, 1.807) is 20.3 Å². The number of hydrogen-bond acceptors (Lipinski definition) is 5. The van der Waals surface area contributed by atoms with Gasteiger partial charge in [0, 0.05) is 25.8 Å². The number of nitrogen functional groups attached to an aromatic ring is 1. The average Bonchev–Trinajstić information content (AvgIpc) is 3.16. The summed E-state index contributed by atoms with van der Waals surface area (Å²) in [6.45, 7) is 1.49. The molecule has 0 radical (unpaired) electrons. The summed E-state index contributed by atoms with van der Waals surface area (Å²) in [6, 6.07) is 4.16. The van der Waals surface area contributed by atoms with Crippen molar-refractivity contribution in [1.29, 1.82) is 0 Å². The van der Waals surface area contributed by atoms with Crippen molar-refractivity contribution >= 4 is 11.5 Å². The summed E-state index contributed by atoms with van der Waals surface area (Å²) in [5.74, 6) is 1.40. The van der Waals surface area contributed by atoms with E-state index in [1.165, 1.54) is 12.8 Å². The number of nitrogens with zero attached hydrogens (tertiary/aromatic N) is 2. The average molecular weight is 237 g/mol. The van der Waals surface area contributed by atoms with E-state index in [9.17, 15) is 0 Å². The molecule has 1 fully saturated rings. The number of anilines is 2. The smallest absolute Gasteiger partial charge is 0.215 e.